The third-order valence-corrected chi connectivity index (χ3v) is 10.2. The van der Waals surface area contributed by atoms with Crippen molar-refractivity contribution in [3.05, 3.63) is 59.2 Å². The van der Waals surface area contributed by atoms with Crippen LogP contribution in [0.5, 0.6) is 0 Å². The van der Waals surface area contributed by atoms with Gasteiger partial charge < -0.3 is 15.7 Å². The molecule has 0 radical (unpaired) electrons. The summed E-state index contributed by atoms with van der Waals surface area (Å²) >= 11 is 1.54. The monoisotopic (exact) mass is 596 g/mol. The number of carboxylic acids is 1. The van der Waals surface area contributed by atoms with Crippen LogP contribution in [0, 0.1) is 12.8 Å². The number of thioether (sulfide) groups is 1. The fourth-order valence-corrected chi connectivity index (χ4v) is 7.02. The zero-order valence-corrected chi connectivity index (χ0v) is 25.6. The van der Waals surface area contributed by atoms with Crippen LogP contribution in [0.4, 0.5) is 0 Å². The summed E-state index contributed by atoms with van der Waals surface area (Å²) in [6.45, 7) is 4.15. The van der Waals surface area contributed by atoms with Crippen LogP contribution in [0.25, 0.3) is 11.1 Å². The van der Waals surface area contributed by atoms with E-state index in [1.165, 1.54) is 31.0 Å². The van der Waals surface area contributed by atoms with Gasteiger partial charge in [0.1, 0.15) is 6.04 Å². The first kappa shape index (κ1) is 35.4. The minimum absolute atomic E-state index is 0. The molecule has 1 aliphatic rings. The molecule has 1 saturated carbocycles. The number of sulfone groups is 1. The van der Waals surface area contributed by atoms with E-state index in [1.807, 2.05) is 49.6 Å². The quantitative estimate of drug-likeness (QED) is 0.253. The van der Waals surface area contributed by atoms with Gasteiger partial charge in [-0.2, -0.15) is 11.8 Å². The Kier molecular flexibility index (Phi) is 15.0. The third kappa shape index (κ3) is 11.1. The Morgan fingerprint density at radius 1 is 1.07 bits per heavy atom. The molecular formula is C31H45LiN2O5S2. The van der Waals surface area contributed by atoms with Gasteiger partial charge in [0, 0.05) is 23.9 Å². The van der Waals surface area contributed by atoms with Crippen LogP contribution in [0.15, 0.2) is 42.5 Å². The molecule has 0 aromatic heterocycles. The zero-order valence-electron chi connectivity index (χ0n) is 23.9. The van der Waals surface area contributed by atoms with Crippen molar-refractivity contribution in [3.8, 4) is 11.1 Å². The molecule has 222 valence electrons. The predicted molar refractivity (Wildman–Crippen MR) is 172 cm³/mol. The van der Waals surface area contributed by atoms with Crippen LogP contribution in [-0.4, -0.2) is 79.9 Å². The van der Waals surface area contributed by atoms with Gasteiger partial charge in [-0.25, -0.2) is 13.2 Å². The number of hydrogen-bond donors (Lipinski definition) is 3. The van der Waals surface area contributed by atoms with Crippen molar-refractivity contribution in [3.63, 3.8) is 0 Å². The number of benzene rings is 2. The Bertz CT molecular complexity index is 1250. The average molecular weight is 597 g/mol. The van der Waals surface area contributed by atoms with E-state index in [2.05, 4.69) is 10.6 Å². The molecule has 0 heterocycles. The van der Waals surface area contributed by atoms with Crippen LogP contribution in [0.3, 0.4) is 0 Å². The molecule has 0 spiro atoms. The van der Waals surface area contributed by atoms with Gasteiger partial charge in [-0.05, 0) is 72.1 Å². The van der Waals surface area contributed by atoms with Crippen molar-refractivity contribution in [2.75, 3.05) is 23.5 Å². The zero-order chi connectivity index (χ0) is 29.1. The molecule has 10 heteroatoms. The van der Waals surface area contributed by atoms with Gasteiger partial charge >= 0.3 is 24.8 Å². The fourth-order valence-electron chi connectivity index (χ4n) is 5.45. The van der Waals surface area contributed by atoms with Crippen molar-refractivity contribution in [2.45, 2.75) is 77.4 Å². The second-order valence-corrected chi connectivity index (χ2v) is 14.2. The number of rotatable bonds is 15. The summed E-state index contributed by atoms with van der Waals surface area (Å²) < 4.78 is 25.1. The first-order chi connectivity index (χ1) is 19.1. The Hall–Kier alpha value is -1.76. The number of aryl methyl sites for hydroxylation is 1. The summed E-state index contributed by atoms with van der Waals surface area (Å²) in [5, 5.41) is 15.9. The van der Waals surface area contributed by atoms with E-state index < -0.39 is 27.8 Å². The van der Waals surface area contributed by atoms with E-state index in [0.717, 1.165) is 41.5 Å². The standard InChI is InChI=1S/C31H44N2O5S2.Li.H/c1-4-40(37,38)21-25(18-23-11-6-5-7-12-23)32-20-24-14-15-27(28(19-24)26-13-9-8-10-22(26)2)30(34)33-29(31(35)36)16-17-39-3;;/h8-10,13-15,19,23,25,29,32H,4-7,11-12,16-18,20-21H2,1-3H3,(H,33,34)(H,35,36);;. The molecule has 0 saturated heterocycles. The van der Waals surface area contributed by atoms with Crippen LogP contribution in [0.2, 0.25) is 0 Å². The van der Waals surface area contributed by atoms with E-state index in [4.69, 9.17) is 0 Å². The van der Waals surface area contributed by atoms with Crippen LogP contribution < -0.4 is 10.6 Å². The van der Waals surface area contributed by atoms with E-state index in [9.17, 15) is 23.1 Å². The minimum atomic E-state index is -3.14. The number of hydrogen-bond acceptors (Lipinski definition) is 6. The molecule has 3 rings (SSSR count). The van der Waals surface area contributed by atoms with Crippen molar-refractivity contribution in [1.29, 1.82) is 0 Å². The molecule has 41 heavy (non-hydrogen) atoms. The summed E-state index contributed by atoms with van der Waals surface area (Å²) in [5.41, 5.74) is 3.99. The third-order valence-electron chi connectivity index (χ3n) is 7.81. The molecule has 1 fully saturated rings. The predicted octanol–water partition coefficient (Wildman–Crippen LogP) is 4.81. The van der Waals surface area contributed by atoms with Gasteiger partial charge in [0.05, 0.1) is 5.75 Å². The summed E-state index contributed by atoms with van der Waals surface area (Å²) in [7, 11) is -3.14. The Balaban J connectivity index is 0.00000588. The normalized spacial score (nSPS) is 15.5. The number of carboxylic acid groups (broad SMARTS) is 1. The second-order valence-electron chi connectivity index (χ2n) is 10.9. The molecule has 7 nitrogen and oxygen atoms in total. The van der Waals surface area contributed by atoms with Crippen molar-refractivity contribution in [1.82, 2.24) is 10.6 Å². The van der Waals surface area contributed by atoms with Crippen molar-refractivity contribution < 1.29 is 23.1 Å². The first-order valence-electron chi connectivity index (χ1n) is 14.3. The Morgan fingerprint density at radius 3 is 2.41 bits per heavy atom. The van der Waals surface area contributed by atoms with Crippen molar-refractivity contribution in [2.24, 2.45) is 5.92 Å². The number of carbonyl (C=O) groups excluding carboxylic acids is 1. The summed E-state index contributed by atoms with van der Waals surface area (Å²) in [5.74, 6) is -0.0480. The SMILES string of the molecule is CCS(=O)(=O)CC(CC1CCCCC1)NCc1ccc(C(=O)NC(CCSC)C(=O)O)c(-c2ccccc2C)c1.[LiH]. The molecule has 2 atom stereocenters. The van der Waals surface area contributed by atoms with Gasteiger partial charge in [0.25, 0.3) is 5.91 Å². The number of aliphatic carboxylic acids is 1. The summed E-state index contributed by atoms with van der Waals surface area (Å²) in [6.07, 6.45) is 9.07. The van der Waals surface area contributed by atoms with Gasteiger partial charge in [-0.1, -0.05) is 69.4 Å². The molecule has 1 aliphatic carbocycles. The summed E-state index contributed by atoms with van der Waals surface area (Å²) in [6, 6.07) is 12.3. The van der Waals surface area contributed by atoms with Crippen LogP contribution >= 0.6 is 11.8 Å². The Labute approximate surface area is 262 Å². The number of nitrogens with one attached hydrogen (secondary N) is 2. The number of carbonyl (C=O) groups is 2. The molecule has 3 N–H and O–H groups in total. The molecule has 0 bridgehead atoms. The first-order valence-corrected chi connectivity index (χ1v) is 17.5. The second kappa shape index (κ2) is 17.4. The molecule has 2 aromatic rings. The molecule has 2 aromatic carbocycles. The van der Waals surface area contributed by atoms with Gasteiger partial charge in [-0.3, -0.25) is 4.79 Å². The van der Waals surface area contributed by atoms with E-state index in [-0.39, 0.29) is 36.4 Å². The topological polar surface area (TPSA) is 113 Å². The maximum absolute atomic E-state index is 13.4. The van der Waals surface area contributed by atoms with Gasteiger partial charge in [-0.15, -0.1) is 0 Å². The molecule has 1 amide bonds. The summed E-state index contributed by atoms with van der Waals surface area (Å²) in [4.78, 5) is 25.1. The maximum atomic E-state index is 13.4. The fraction of sp³-hybridized carbons (Fsp3) is 0.548. The van der Waals surface area contributed by atoms with E-state index in [1.54, 1.807) is 13.0 Å². The van der Waals surface area contributed by atoms with Crippen molar-refractivity contribution >= 4 is 52.3 Å². The van der Waals surface area contributed by atoms with Crippen LogP contribution in [-0.2, 0) is 21.2 Å². The van der Waals surface area contributed by atoms with Crippen LogP contribution in [0.1, 0.15) is 73.4 Å². The van der Waals surface area contributed by atoms with E-state index in [0.29, 0.717) is 30.2 Å². The van der Waals surface area contributed by atoms with Gasteiger partial charge in [0.15, 0.2) is 9.84 Å². The average Bonchev–Trinajstić information content (AvgIpc) is 2.94. The molecule has 0 aliphatic heterocycles. The molecule has 2 unspecified atom stereocenters. The molecular weight excluding hydrogens is 551 g/mol. The number of amides is 1. The van der Waals surface area contributed by atoms with E-state index >= 15 is 0 Å². The Morgan fingerprint density at radius 2 is 1.78 bits per heavy atom. The van der Waals surface area contributed by atoms with Gasteiger partial charge in [0.2, 0.25) is 0 Å².